The van der Waals surface area contributed by atoms with Crippen LogP contribution in [0, 0.1) is 0 Å². The number of rotatable bonds is 3. The predicted octanol–water partition coefficient (Wildman–Crippen LogP) is 1.71. The molecule has 5 nitrogen and oxygen atoms in total. The molecule has 0 saturated heterocycles. The number of aromatic nitrogens is 2. The van der Waals surface area contributed by atoms with Crippen LogP contribution in [-0.2, 0) is 12.8 Å². The Kier molecular flexibility index (Phi) is 3.41. The van der Waals surface area contributed by atoms with E-state index < -0.39 is 0 Å². The van der Waals surface area contributed by atoms with E-state index in [0.717, 1.165) is 30.7 Å². The molecule has 0 saturated carbocycles. The quantitative estimate of drug-likeness (QED) is 0.893. The summed E-state index contributed by atoms with van der Waals surface area (Å²) in [7, 11) is 1.60. The lowest BCUT2D eigenvalue weighted by Crippen LogP contribution is -2.38. The van der Waals surface area contributed by atoms with Crippen molar-refractivity contribution >= 4 is 5.91 Å². The normalized spacial score (nSPS) is 17.4. The highest BCUT2D eigenvalue weighted by Gasteiger charge is 2.22. The lowest BCUT2D eigenvalue weighted by molar-refractivity contribution is 0.0933. The standard InChI is InChI=1S/C15H17N3O2/c1-20-12-4-2-3-10(7-12)15(19)18-11-5-6-13-14(8-11)17-9-16-13/h2-4,7,9,11H,5-6,8H2,1H3,(H,16,17)(H,18,19). The maximum Gasteiger partial charge on any atom is 0.251 e. The molecule has 1 heterocycles. The van der Waals surface area contributed by atoms with Crippen molar-refractivity contribution in [3.05, 3.63) is 47.5 Å². The fraction of sp³-hybridized carbons (Fsp3) is 0.333. The summed E-state index contributed by atoms with van der Waals surface area (Å²) < 4.78 is 5.14. The van der Waals surface area contributed by atoms with Crippen LogP contribution in [0.4, 0.5) is 0 Å². The summed E-state index contributed by atoms with van der Waals surface area (Å²) in [4.78, 5) is 19.6. The van der Waals surface area contributed by atoms with Crippen LogP contribution in [0.5, 0.6) is 5.75 Å². The maximum absolute atomic E-state index is 12.2. The zero-order valence-electron chi connectivity index (χ0n) is 11.3. The number of hydrogen-bond acceptors (Lipinski definition) is 3. The largest absolute Gasteiger partial charge is 0.497 e. The van der Waals surface area contributed by atoms with Gasteiger partial charge in [0.25, 0.3) is 5.91 Å². The number of ether oxygens (including phenoxy) is 1. The van der Waals surface area contributed by atoms with Gasteiger partial charge in [0.15, 0.2) is 0 Å². The van der Waals surface area contributed by atoms with E-state index in [4.69, 9.17) is 4.74 Å². The first-order valence-electron chi connectivity index (χ1n) is 6.72. The van der Waals surface area contributed by atoms with E-state index in [9.17, 15) is 4.79 Å². The van der Waals surface area contributed by atoms with Gasteiger partial charge < -0.3 is 15.0 Å². The molecule has 2 aromatic rings. The highest BCUT2D eigenvalue weighted by Crippen LogP contribution is 2.18. The first kappa shape index (κ1) is 12.7. The first-order valence-corrected chi connectivity index (χ1v) is 6.72. The number of carbonyl (C=O) groups is 1. The summed E-state index contributed by atoms with van der Waals surface area (Å²) in [6.07, 6.45) is 4.36. The van der Waals surface area contributed by atoms with Crippen LogP contribution in [0.25, 0.3) is 0 Å². The van der Waals surface area contributed by atoms with Gasteiger partial charge in [-0.1, -0.05) is 6.07 Å². The van der Waals surface area contributed by atoms with Crippen molar-refractivity contribution in [3.8, 4) is 5.75 Å². The number of imidazole rings is 1. The SMILES string of the molecule is COc1cccc(C(=O)NC2CCc3nc[nH]c3C2)c1. The summed E-state index contributed by atoms with van der Waals surface area (Å²) in [6.45, 7) is 0. The third-order valence-corrected chi connectivity index (χ3v) is 3.65. The van der Waals surface area contributed by atoms with Crippen LogP contribution in [-0.4, -0.2) is 29.0 Å². The van der Waals surface area contributed by atoms with Crippen LogP contribution in [0.15, 0.2) is 30.6 Å². The van der Waals surface area contributed by atoms with E-state index in [-0.39, 0.29) is 11.9 Å². The molecule has 1 aromatic carbocycles. The molecule has 0 fully saturated rings. The van der Waals surface area contributed by atoms with Crippen LogP contribution >= 0.6 is 0 Å². The van der Waals surface area contributed by atoms with Crippen molar-refractivity contribution in [2.45, 2.75) is 25.3 Å². The van der Waals surface area contributed by atoms with Crippen molar-refractivity contribution in [2.75, 3.05) is 7.11 Å². The minimum Gasteiger partial charge on any atom is -0.497 e. The molecule has 0 bridgehead atoms. The van der Waals surface area contributed by atoms with Crippen LogP contribution in [0.1, 0.15) is 28.2 Å². The van der Waals surface area contributed by atoms with E-state index in [2.05, 4.69) is 15.3 Å². The van der Waals surface area contributed by atoms with Crippen LogP contribution in [0.2, 0.25) is 0 Å². The molecule has 1 atom stereocenters. The van der Waals surface area contributed by atoms with E-state index in [1.165, 1.54) is 0 Å². The summed E-state index contributed by atoms with van der Waals surface area (Å²) in [5.74, 6) is 0.633. The number of fused-ring (bicyclic) bond motifs is 1. The number of amides is 1. The number of aryl methyl sites for hydroxylation is 1. The molecule has 0 spiro atoms. The third-order valence-electron chi connectivity index (χ3n) is 3.65. The molecule has 5 heteroatoms. The van der Waals surface area contributed by atoms with Crippen molar-refractivity contribution in [1.29, 1.82) is 0 Å². The Morgan fingerprint density at radius 1 is 1.50 bits per heavy atom. The molecular weight excluding hydrogens is 254 g/mol. The Bertz CT molecular complexity index is 621. The van der Waals surface area contributed by atoms with Gasteiger partial charge in [-0.2, -0.15) is 0 Å². The number of methoxy groups -OCH3 is 1. The van der Waals surface area contributed by atoms with E-state index in [0.29, 0.717) is 11.3 Å². The van der Waals surface area contributed by atoms with E-state index in [1.807, 2.05) is 12.1 Å². The minimum atomic E-state index is -0.0585. The lowest BCUT2D eigenvalue weighted by atomic mass is 9.96. The molecular formula is C15H17N3O2. The van der Waals surface area contributed by atoms with Gasteiger partial charge in [-0.25, -0.2) is 4.98 Å². The number of carbonyl (C=O) groups excluding carboxylic acids is 1. The fourth-order valence-electron chi connectivity index (χ4n) is 2.56. The molecule has 2 N–H and O–H groups in total. The van der Waals surface area contributed by atoms with Gasteiger partial charge in [-0.05, 0) is 31.0 Å². The smallest absolute Gasteiger partial charge is 0.251 e. The second kappa shape index (κ2) is 5.36. The van der Waals surface area contributed by atoms with Gasteiger partial charge in [0, 0.05) is 23.7 Å². The van der Waals surface area contributed by atoms with Crippen molar-refractivity contribution < 1.29 is 9.53 Å². The van der Waals surface area contributed by atoms with Gasteiger partial charge in [0.2, 0.25) is 0 Å². The predicted molar refractivity (Wildman–Crippen MR) is 74.9 cm³/mol. The van der Waals surface area contributed by atoms with Gasteiger partial charge in [0.05, 0.1) is 19.1 Å². The molecule has 0 radical (unpaired) electrons. The minimum absolute atomic E-state index is 0.0585. The Balaban J connectivity index is 1.67. The number of hydrogen-bond donors (Lipinski definition) is 2. The molecule has 3 rings (SSSR count). The Morgan fingerprint density at radius 3 is 3.25 bits per heavy atom. The highest BCUT2D eigenvalue weighted by atomic mass is 16.5. The number of nitrogens with zero attached hydrogens (tertiary/aromatic N) is 1. The fourth-order valence-corrected chi connectivity index (χ4v) is 2.56. The van der Waals surface area contributed by atoms with Crippen molar-refractivity contribution in [3.63, 3.8) is 0 Å². The molecule has 104 valence electrons. The summed E-state index contributed by atoms with van der Waals surface area (Å²) in [6, 6.07) is 7.35. The van der Waals surface area contributed by atoms with E-state index >= 15 is 0 Å². The monoisotopic (exact) mass is 271 g/mol. The summed E-state index contributed by atoms with van der Waals surface area (Å²) in [5, 5.41) is 3.07. The Labute approximate surface area is 117 Å². The summed E-state index contributed by atoms with van der Waals surface area (Å²) >= 11 is 0. The van der Waals surface area contributed by atoms with Gasteiger partial charge in [-0.3, -0.25) is 4.79 Å². The maximum atomic E-state index is 12.2. The summed E-state index contributed by atoms with van der Waals surface area (Å²) in [5.41, 5.74) is 2.88. The Morgan fingerprint density at radius 2 is 2.40 bits per heavy atom. The second-order valence-electron chi connectivity index (χ2n) is 4.97. The average Bonchev–Trinajstić information content (AvgIpc) is 2.95. The molecule has 1 aliphatic carbocycles. The van der Waals surface area contributed by atoms with Crippen LogP contribution < -0.4 is 10.1 Å². The molecule has 1 unspecified atom stereocenters. The second-order valence-corrected chi connectivity index (χ2v) is 4.97. The number of nitrogens with one attached hydrogen (secondary N) is 2. The number of H-pyrrole nitrogens is 1. The highest BCUT2D eigenvalue weighted by molar-refractivity contribution is 5.94. The topological polar surface area (TPSA) is 67.0 Å². The first-order chi connectivity index (χ1) is 9.76. The van der Waals surface area contributed by atoms with Crippen LogP contribution in [0.3, 0.4) is 0 Å². The van der Waals surface area contributed by atoms with Gasteiger partial charge >= 0.3 is 0 Å². The van der Waals surface area contributed by atoms with Gasteiger partial charge in [-0.15, -0.1) is 0 Å². The molecule has 20 heavy (non-hydrogen) atoms. The van der Waals surface area contributed by atoms with E-state index in [1.54, 1.807) is 25.6 Å². The molecule has 1 amide bonds. The zero-order chi connectivity index (χ0) is 13.9. The lowest BCUT2D eigenvalue weighted by Gasteiger charge is -2.22. The zero-order valence-corrected chi connectivity index (χ0v) is 11.3. The number of aromatic amines is 1. The molecule has 0 aliphatic heterocycles. The number of benzene rings is 1. The third kappa shape index (κ3) is 2.52. The van der Waals surface area contributed by atoms with Crippen molar-refractivity contribution in [2.24, 2.45) is 0 Å². The Hall–Kier alpha value is -2.30. The molecule has 1 aliphatic rings. The average molecular weight is 271 g/mol. The van der Waals surface area contributed by atoms with Crippen molar-refractivity contribution in [1.82, 2.24) is 15.3 Å². The molecule has 1 aromatic heterocycles. The van der Waals surface area contributed by atoms with Gasteiger partial charge in [0.1, 0.15) is 5.75 Å².